The molecule has 1 N–H and O–H groups in total. The van der Waals surface area contributed by atoms with Crippen LogP contribution < -0.4 is 10.4 Å². The molecule has 1 heterocycles. The lowest BCUT2D eigenvalue weighted by molar-refractivity contribution is -0.658. The summed E-state index contributed by atoms with van der Waals surface area (Å²) >= 11 is 0. The van der Waals surface area contributed by atoms with Crippen molar-refractivity contribution >= 4 is 0 Å². The third kappa shape index (κ3) is 2.20. The lowest BCUT2D eigenvalue weighted by atomic mass is 10.2. The number of para-hydroxylation sites is 1. The third-order valence-electron chi connectivity index (χ3n) is 2.98. The van der Waals surface area contributed by atoms with Gasteiger partial charge in [0.2, 0.25) is 0 Å². The number of nitrogens with one attached hydrogen (secondary N) is 1. The predicted octanol–water partition coefficient (Wildman–Crippen LogP) is 1.75. The molecule has 0 aliphatic rings. The van der Waals surface area contributed by atoms with Gasteiger partial charge in [0.05, 0.1) is 0 Å². The van der Waals surface area contributed by atoms with Gasteiger partial charge in [0, 0.05) is 0 Å². The molecule has 0 saturated carbocycles. The fourth-order valence-corrected chi connectivity index (χ4v) is 2.04. The highest BCUT2D eigenvalue weighted by molar-refractivity contribution is 5.34. The molecule has 3 aromatic rings. The Morgan fingerprint density at radius 1 is 1.05 bits per heavy atom. The minimum atomic E-state index is -0.158. The SMILES string of the molecule is Cc1cccc(-n2c[n+](-c3ccccc3)[nH]c2=O)c1. The number of hydrogen-bond donors (Lipinski definition) is 1. The normalized spacial score (nSPS) is 10.6. The quantitative estimate of drug-likeness (QED) is 0.694. The second-order valence-electron chi connectivity index (χ2n) is 4.45. The molecule has 3 rings (SSSR count). The smallest absolute Gasteiger partial charge is 0.216 e. The first-order valence-corrected chi connectivity index (χ1v) is 6.10. The Labute approximate surface area is 110 Å². The summed E-state index contributed by atoms with van der Waals surface area (Å²) in [6.07, 6.45) is 1.76. The van der Waals surface area contributed by atoms with Crippen molar-refractivity contribution in [2.45, 2.75) is 6.92 Å². The number of rotatable bonds is 2. The number of benzene rings is 2. The van der Waals surface area contributed by atoms with Crippen LogP contribution in [0.25, 0.3) is 11.4 Å². The Hall–Kier alpha value is -2.62. The van der Waals surface area contributed by atoms with Crippen LogP contribution in [-0.4, -0.2) is 9.67 Å². The second-order valence-corrected chi connectivity index (χ2v) is 4.45. The van der Waals surface area contributed by atoms with Gasteiger partial charge in [0.25, 0.3) is 6.33 Å². The van der Waals surface area contributed by atoms with Gasteiger partial charge in [-0.05, 0) is 36.8 Å². The molecular formula is C15H14N3O+. The number of H-pyrrole nitrogens is 1. The largest absolute Gasteiger partial charge is 0.449 e. The van der Waals surface area contributed by atoms with Gasteiger partial charge in [-0.25, -0.2) is 4.79 Å². The summed E-state index contributed by atoms with van der Waals surface area (Å²) in [7, 11) is 0. The number of nitrogens with zero attached hydrogens (tertiary/aromatic N) is 2. The summed E-state index contributed by atoms with van der Waals surface area (Å²) in [6.45, 7) is 2.01. The standard InChI is InChI=1S/C15H13N3O/c1-12-6-5-9-14(10-12)17-11-18(16-15(17)19)13-7-3-2-4-8-13/h2-11H,1H3/p+1. The van der Waals surface area contributed by atoms with Crippen molar-refractivity contribution in [3.63, 3.8) is 0 Å². The highest BCUT2D eigenvalue weighted by Crippen LogP contribution is 2.06. The van der Waals surface area contributed by atoms with E-state index in [1.54, 1.807) is 15.6 Å². The minimum Gasteiger partial charge on any atom is -0.216 e. The summed E-state index contributed by atoms with van der Waals surface area (Å²) in [5.74, 6) is 0. The topological polar surface area (TPSA) is 41.7 Å². The first-order valence-electron chi connectivity index (χ1n) is 6.10. The average Bonchev–Trinajstić information content (AvgIpc) is 2.82. The monoisotopic (exact) mass is 252 g/mol. The Kier molecular flexibility index (Phi) is 2.76. The van der Waals surface area contributed by atoms with Gasteiger partial charge in [-0.15, -0.1) is 14.3 Å². The van der Waals surface area contributed by atoms with Crippen LogP contribution in [0.1, 0.15) is 5.56 Å². The molecule has 0 spiro atoms. The van der Waals surface area contributed by atoms with Crippen LogP contribution in [0.4, 0.5) is 0 Å². The fraction of sp³-hybridized carbons (Fsp3) is 0.0667. The molecule has 19 heavy (non-hydrogen) atoms. The van der Waals surface area contributed by atoms with Crippen molar-refractivity contribution in [2.75, 3.05) is 0 Å². The summed E-state index contributed by atoms with van der Waals surface area (Å²) in [6, 6.07) is 17.5. The molecule has 0 aliphatic heterocycles. The van der Waals surface area contributed by atoms with E-state index in [0.29, 0.717) is 0 Å². The van der Waals surface area contributed by atoms with Crippen LogP contribution in [0.2, 0.25) is 0 Å². The van der Waals surface area contributed by atoms with Crippen LogP contribution in [0.5, 0.6) is 0 Å². The molecule has 0 aliphatic carbocycles. The summed E-state index contributed by atoms with van der Waals surface area (Å²) < 4.78 is 3.31. The zero-order chi connectivity index (χ0) is 13.2. The van der Waals surface area contributed by atoms with Crippen molar-refractivity contribution in [2.24, 2.45) is 0 Å². The molecule has 4 nitrogen and oxygen atoms in total. The zero-order valence-corrected chi connectivity index (χ0v) is 10.6. The Balaban J connectivity index is 2.10. The molecule has 0 bridgehead atoms. The van der Waals surface area contributed by atoms with Gasteiger partial charge < -0.3 is 0 Å². The van der Waals surface area contributed by atoms with Crippen LogP contribution >= 0.6 is 0 Å². The highest BCUT2D eigenvalue weighted by atomic mass is 16.1. The van der Waals surface area contributed by atoms with Crippen molar-refractivity contribution in [1.29, 1.82) is 0 Å². The number of hydrogen-bond acceptors (Lipinski definition) is 1. The van der Waals surface area contributed by atoms with Crippen LogP contribution in [0, 0.1) is 6.92 Å². The van der Waals surface area contributed by atoms with Gasteiger partial charge in [0.15, 0.2) is 5.69 Å². The molecular weight excluding hydrogens is 238 g/mol. The number of aryl methyl sites for hydroxylation is 1. The average molecular weight is 252 g/mol. The second kappa shape index (κ2) is 4.57. The first kappa shape index (κ1) is 11.5. The van der Waals surface area contributed by atoms with E-state index in [0.717, 1.165) is 16.9 Å². The number of aromatic amines is 1. The highest BCUT2D eigenvalue weighted by Gasteiger charge is 2.13. The minimum absolute atomic E-state index is 0.158. The van der Waals surface area contributed by atoms with E-state index in [1.807, 2.05) is 61.5 Å². The van der Waals surface area contributed by atoms with E-state index >= 15 is 0 Å². The molecule has 94 valence electrons. The molecule has 0 saturated heterocycles. The van der Waals surface area contributed by atoms with Crippen LogP contribution in [-0.2, 0) is 0 Å². The van der Waals surface area contributed by atoms with Crippen molar-refractivity contribution < 1.29 is 4.68 Å². The molecule has 0 atom stereocenters. The summed E-state index contributed by atoms with van der Waals surface area (Å²) in [4.78, 5) is 12.0. The van der Waals surface area contributed by atoms with E-state index < -0.39 is 0 Å². The van der Waals surface area contributed by atoms with E-state index in [2.05, 4.69) is 5.10 Å². The molecule has 0 fully saturated rings. The van der Waals surface area contributed by atoms with Gasteiger partial charge in [-0.3, -0.25) is 0 Å². The van der Waals surface area contributed by atoms with Crippen molar-refractivity contribution in [3.8, 4) is 11.4 Å². The fourth-order valence-electron chi connectivity index (χ4n) is 2.04. The maximum absolute atomic E-state index is 12.0. The maximum atomic E-state index is 12.0. The Morgan fingerprint density at radius 3 is 2.58 bits per heavy atom. The maximum Gasteiger partial charge on any atom is 0.449 e. The molecule has 0 unspecified atom stereocenters. The third-order valence-corrected chi connectivity index (χ3v) is 2.98. The van der Waals surface area contributed by atoms with E-state index in [9.17, 15) is 4.79 Å². The zero-order valence-electron chi connectivity index (χ0n) is 10.6. The summed E-state index contributed by atoms with van der Waals surface area (Å²) in [5.41, 5.74) is 2.74. The predicted molar refractivity (Wildman–Crippen MR) is 72.7 cm³/mol. The number of aromatic nitrogens is 3. The van der Waals surface area contributed by atoms with Crippen LogP contribution in [0.15, 0.2) is 65.7 Å². The van der Waals surface area contributed by atoms with Gasteiger partial charge in [0.1, 0.15) is 5.69 Å². The van der Waals surface area contributed by atoms with Gasteiger partial charge >= 0.3 is 5.69 Å². The van der Waals surface area contributed by atoms with E-state index in [4.69, 9.17) is 0 Å². The Bertz CT molecular complexity index is 756. The molecule has 2 aromatic carbocycles. The summed E-state index contributed by atoms with van der Waals surface area (Å²) in [5, 5.41) is 2.80. The van der Waals surface area contributed by atoms with Crippen molar-refractivity contribution in [3.05, 3.63) is 77.0 Å². The molecule has 4 heteroatoms. The van der Waals surface area contributed by atoms with Gasteiger partial charge in [-0.2, -0.15) is 0 Å². The lowest BCUT2D eigenvalue weighted by Crippen LogP contribution is -2.33. The lowest BCUT2D eigenvalue weighted by Gasteiger charge is -1.95. The van der Waals surface area contributed by atoms with E-state index in [1.165, 1.54) is 0 Å². The van der Waals surface area contributed by atoms with Gasteiger partial charge in [-0.1, -0.05) is 30.3 Å². The molecule has 0 radical (unpaired) electrons. The van der Waals surface area contributed by atoms with E-state index in [-0.39, 0.29) is 5.69 Å². The Morgan fingerprint density at radius 2 is 1.84 bits per heavy atom. The van der Waals surface area contributed by atoms with Crippen LogP contribution in [0.3, 0.4) is 0 Å². The molecule has 0 amide bonds. The van der Waals surface area contributed by atoms with Crippen molar-refractivity contribution in [1.82, 2.24) is 9.67 Å². The molecule has 1 aromatic heterocycles. The first-order chi connectivity index (χ1) is 9.24.